The van der Waals surface area contributed by atoms with Crippen LogP contribution in [0, 0.1) is 0 Å². The number of thiophene rings is 1. The van der Waals surface area contributed by atoms with Gasteiger partial charge in [0.05, 0.1) is 17.7 Å². The zero-order chi connectivity index (χ0) is 18.5. The average Bonchev–Trinajstić information content (AvgIpc) is 3.08. The minimum atomic E-state index is -1.04. The summed E-state index contributed by atoms with van der Waals surface area (Å²) in [5.74, 6) is -1.06. The molecule has 0 bridgehead atoms. The number of hydrogen-bond acceptors (Lipinski definition) is 6. The SMILES string of the molecule is O=C(CCN1CCC[C@H](c2cc(=O)[nH]cn2)C1)Nc1ccsc1C(=O)O. The Morgan fingerprint density at radius 2 is 2.31 bits per heavy atom. The molecule has 2 aromatic heterocycles. The predicted octanol–water partition coefficient (Wildman–Crippen LogP) is 1.74. The molecule has 3 rings (SSSR count). The van der Waals surface area contributed by atoms with Gasteiger partial charge >= 0.3 is 5.97 Å². The summed E-state index contributed by atoms with van der Waals surface area (Å²) < 4.78 is 0. The molecule has 1 fully saturated rings. The van der Waals surface area contributed by atoms with Crippen molar-refractivity contribution in [2.75, 3.05) is 25.0 Å². The van der Waals surface area contributed by atoms with E-state index in [-0.39, 0.29) is 28.7 Å². The predicted molar refractivity (Wildman–Crippen MR) is 97.8 cm³/mol. The van der Waals surface area contributed by atoms with E-state index in [1.807, 2.05) is 0 Å². The fourth-order valence-electron chi connectivity index (χ4n) is 3.15. The Morgan fingerprint density at radius 3 is 3.08 bits per heavy atom. The third-order valence-electron chi connectivity index (χ3n) is 4.41. The van der Waals surface area contributed by atoms with Crippen LogP contribution in [-0.2, 0) is 4.79 Å². The first-order chi connectivity index (χ1) is 12.5. The number of carbonyl (C=O) groups is 2. The van der Waals surface area contributed by atoms with Gasteiger partial charge < -0.3 is 20.3 Å². The molecule has 9 heteroatoms. The number of aromatic nitrogens is 2. The van der Waals surface area contributed by atoms with Gasteiger partial charge in [-0.2, -0.15) is 0 Å². The molecular formula is C17H20N4O4S. The normalized spacial score (nSPS) is 17.8. The molecule has 0 spiro atoms. The number of rotatable bonds is 6. The Balaban J connectivity index is 1.52. The van der Waals surface area contributed by atoms with Crippen LogP contribution in [0.25, 0.3) is 0 Å². The van der Waals surface area contributed by atoms with Gasteiger partial charge in [-0.3, -0.25) is 9.59 Å². The minimum Gasteiger partial charge on any atom is -0.477 e. The number of hydrogen-bond donors (Lipinski definition) is 3. The summed E-state index contributed by atoms with van der Waals surface area (Å²) >= 11 is 1.09. The Bertz CT molecular complexity index is 847. The van der Waals surface area contributed by atoms with Crippen molar-refractivity contribution in [2.24, 2.45) is 0 Å². The summed E-state index contributed by atoms with van der Waals surface area (Å²) in [6, 6.07) is 3.13. The lowest BCUT2D eigenvalue weighted by Gasteiger charge is -2.32. The van der Waals surface area contributed by atoms with Gasteiger partial charge in [0.2, 0.25) is 5.91 Å². The summed E-state index contributed by atoms with van der Waals surface area (Å²) in [6.45, 7) is 2.23. The second kappa shape index (κ2) is 8.24. The van der Waals surface area contributed by atoms with Crippen LogP contribution < -0.4 is 10.9 Å². The number of likely N-dealkylation sites (tertiary alicyclic amines) is 1. The number of carbonyl (C=O) groups excluding carboxylic acids is 1. The topological polar surface area (TPSA) is 115 Å². The Morgan fingerprint density at radius 1 is 1.46 bits per heavy atom. The second-order valence-electron chi connectivity index (χ2n) is 6.24. The van der Waals surface area contributed by atoms with Gasteiger partial charge in [-0.05, 0) is 30.8 Å². The smallest absolute Gasteiger partial charge is 0.348 e. The van der Waals surface area contributed by atoms with Gasteiger partial charge in [0.25, 0.3) is 5.56 Å². The fraction of sp³-hybridized carbons (Fsp3) is 0.412. The molecule has 3 heterocycles. The number of carboxylic acid groups (broad SMARTS) is 1. The molecular weight excluding hydrogens is 356 g/mol. The first-order valence-corrected chi connectivity index (χ1v) is 9.28. The molecule has 0 saturated carbocycles. The molecule has 1 aliphatic rings. The largest absolute Gasteiger partial charge is 0.477 e. The monoisotopic (exact) mass is 376 g/mol. The molecule has 2 aromatic rings. The number of aromatic carboxylic acids is 1. The molecule has 1 amide bonds. The maximum Gasteiger partial charge on any atom is 0.348 e. The van der Waals surface area contributed by atoms with E-state index in [0.29, 0.717) is 12.2 Å². The van der Waals surface area contributed by atoms with Crippen molar-refractivity contribution >= 4 is 28.9 Å². The molecule has 1 saturated heterocycles. The maximum absolute atomic E-state index is 12.1. The van der Waals surface area contributed by atoms with Crippen molar-refractivity contribution < 1.29 is 14.7 Å². The number of piperidine rings is 1. The van der Waals surface area contributed by atoms with Gasteiger partial charge in [-0.25, -0.2) is 9.78 Å². The third kappa shape index (κ3) is 4.55. The van der Waals surface area contributed by atoms with Crippen LogP contribution >= 0.6 is 11.3 Å². The summed E-state index contributed by atoms with van der Waals surface area (Å²) in [5, 5.41) is 13.4. The van der Waals surface area contributed by atoms with Gasteiger partial charge in [0, 0.05) is 31.5 Å². The summed E-state index contributed by atoms with van der Waals surface area (Å²) in [5.41, 5.74) is 0.973. The van der Waals surface area contributed by atoms with Crippen LogP contribution in [0.15, 0.2) is 28.6 Å². The Labute approximate surface area is 153 Å². The van der Waals surface area contributed by atoms with Gasteiger partial charge in [-0.15, -0.1) is 11.3 Å². The zero-order valence-corrected chi connectivity index (χ0v) is 14.9. The molecule has 138 valence electrons. The minimum absolute atomic E-state index is 0.136. The number of nitrogens with zero attached hydrogens (tertiary/aromatic N) is 2. The van der Waals surface area contributed by atoms with Crippen molar-refractivity contribution in [2.45, 2.75) is 25.2 Å². The zero-order valence-electron chi connectivity index (χ0n) is 14.1. The van der Waals surface area contributed by atoms with Crippen LogP contribution in [0.1, 0.15) is 40.5 Å². The van der Waals surface area contributed by atoms with Crippen molar-refractivity contribution in [3.63, 3.8) is 0 Å². The number of carboxylic acids is 1. The fourth-order valence-corrected chi connectivity index (χ4v) is 3.84. The standard InChI is InChI=1S/C17H20N4O4S/c22-14(20-12-4-7-26-16(12)17(24)25)3-6-21-5-1-2-11(9-21)13-8-15(23)19-10-18-13/h4,7-8,10-11H,1-3,5-6,9H2,(H,20,22)(H,24,25)(H,18,19,23)/t11-/m0/s1. The first kappa shape index (κ1) is 18.3. The average molecular weight is 376 g/mol. The van der Waals surface area contributed by atoms with Crippen molar-refractivity contribution in [1.82, 2.24) is 14.9 Å². The quantitative estimate of drug-likeness (QED) is 0.707. The van der Waals surface area contributed by atoms with Gasteiger partial charge in [0.15, 0.2) is 0 Å². The molecule has 0 radical (unpaired) electrons. The summed E-state index contributed by atoms with van der Waals surface area (Å²) in [7, 11) is 0. The molecule has 1 atom stereocenters. The maximum atomic E-state index is 12.1. The van der Waals surface area contributed by atoms with Gasteiger partial charge in [-0.1, -0.05) is 0 Å². The lowest BCUT2D eigenvalue weighted by Crippen LogP contribution is -2.37. The highest BCUT2D eigenvalue weighted by atomic mass is 32.1. The van der Waals surface area contributed by atoms with E-state index in [2.05, 4.69) is 20.2 Å². The number of amides is 1. The first-order valence-electron chi connectivity index (χ1n) is 8.40. The lowest BCUT2D eigenvalue weighted by molar-refractivity contribution is -0.116. The Hall–Kier alpha value is -2.52. The number of anilines is 1. The third-order valence-corrected chi connectivity index (χ3v) is 5.31. The van der Waals surface area contributed by atoms with Crippen molar-refractivity contribution in [3.05, 3.63) is 44.8 Å². The van der Waals surface area contributed by atoms with Crippen LogP contribution in [0.2, 0.25) is 0 Å². The Kier molecular flexibility index (Phi) is 5.79. The van der Waals surface area contributed by atoms with E-state index in [1.54, 1.807) is 11.4 Å². The molecule has 0 aromatic carbocycles. The van der Waals surface area contributed by atoms with Crippen LogP contribution in [-0.4, -0.2) is 51.5 Å². The molecule has 0 unspecified atom stereocenters. The molecule has 8 nitrogen and oxygen atoms in total. The van der Waals surface area contributed by atoms with E-state index < -0.39 is 5.97 Å². The second-order valence-corrected chi connectivity index (χ2v) is 7.16. The van der Waals surface area contributed by atoms with Crippen LogP contribution in [0.3, 0.4) is 0 Å². The van der Waals surface area contributed by atoms with E-state index in [1.165, 1.54) is 12.4 Å². The molecule has 0 aliphatic carbocycles. The molecule has 3 N–H and O–H groups in total. The van der Waals surface area contributed by atoms with Crippen molar-refractivity contribution in [3.8, 4) is 0 Å². The highest BCUT2D eigenvalue weighted by Crippen LogP contribution is 2.25. The summed E-state index contributed by atoms with van der Waals surface area (Å²) in [6.07, 6.45) is 3.65. The van der Waals surface area contributed by atoms with Crippen molar-refractivity contribution in [1.29, 1.82) is 0 Å². The number of H-pyrrole nitrogens is 1. The van der Waals surface area contributed by atoms with Crippen LogP contribution in [0.5, 0.6) is 0 Å². The van der Waals surface area contributed by atoms with E-state index in [9.17, 15) is 14.4 Å². The van der Waals surface area contributed by atoms with E-state index in [0.717, 1.165) is 43.0 Å². The summed E-state index contributed by atoms with van der Waals surface area (Å²) in [4.78, 5) is 43.8. The lowest BCUT2D eigenvalue weighted by atomic mass is 9.94. The van der Waals surface area contributed by atoms with E-state index in [4.69, 9.17) is 5.11 Å². The molecule has 1 aliphatic heterocycles. The van der Waals surface area contributed by atoms with E-state index >= 15 is 0 Å². The number of aromatic amines is 1. The van der Waals surface area contributed by atoms with Crippen LogP contribution in [0.4, 0.5) is 5.69 Å². The molecule has 26 heavy (non-hydrogen) atoms. The highest BCUT2D eigenvalue weighted by Gasteiger charge is 2.23. The number of nitrogens with one attached hydrogen (secondary N) is 2. The highest BCUT2D eigenvalue weighted by molar-refractivity contribution is 7.12. The van der Waals surface area contributed by atoms with Gasteiger partial charge in [0.1, 0.15) is 4.88 Å².